The largest absolute Gasteiger partial charge is 0.508 e. The molecule has 9 heteroatoms. The van der Waals surface area contributed by atoms with Crippen LogP contribution in [0.25, 0.3) is 11.3 Å². The van der Waals surface area contributed by atoms with Crippen molar-refractivity contribution in [2.75, 3.05) is 5.43 Å². The third-order valence-electron chi connectivity index (χ3n) is 3.96. The number of benzene rings is 2. The molecule has 1 aromatic heterocycles. The molecule has 0 aliphatic carbocycles. The van der Waals surface area contributed by atoms with Gasteiger partial charge in [-0.25, -0.2) is 4.98 Å². The van der Waals surface area contributed by atoms with Gasteiger partial charge in [0.1, 0.15) is 11.5 Å². The van der Waals surface area contributed by atoms with E-state index in [4.69, 9.17) is 0 Å². The second-order valence-corrected chi connectivity index (χ2v) is 7.08. The lowest BCUT2D eigenvalue weighted by Crippen LogP contribution is -2.27. The summed E-state index contributed by atoms with van der Waals surface area (Å²) in [6.45, 7) is 1.82. The highest BCUT2D eigenvalue weighted by atomic mass is 32.1. The van der Waals surface area contributed by atoms with E-state index in [0.717, 1.165) is 16.9 Å². The predicted octanol–water partition coefficient (Wildman–Crippen LogP) is 5.43. The van der Waals surface area contributed by atoms with Crippen LogP contribution in [-0.2, 0) is 0 Å². The molecule has 0 aliphatic heterocycles. The highest BCUT2D eigenvalue weighted by Crippen LogP contribution is 2.28. The molecule has 3 rings (SSSR count). The van der Waals surface area contributed by atoms with E-state index in [1.807, 2.05) is 6.92 Å². The molecule has 0 radical (unpaired) electrons. The van der Waals surface area contributed by atoms with Crippen LogP contribution >= 0.6 is 11.3 Å². The summed E-state index contributed by atoms with van der Waals surface area (Å²) in [5, 5.41) is 14.7. The van der Waals surface area contributed by atoms with E-state index in [9.17, 15) is 23.1 Å². The summed E-state index contributed by atoms with van der Waals surface area (Å²) in [5.41, 5.74) is 3.23. The van der Waals surface area contributed by atoms with E-state index in [1.165, 1.54) is 24.3 Å². The second kappa shape index (κ2) is 8.44. The minimum absolute atomic E-state index is 0.0528. The van der Waals surface area contributed by atoms with Gasteiger partial charge in [0, 0.05) is 16.5 Å². The summed E-state index contributed by atoms with van der Waals surface area (Å²) in [5.74, 6) is -0.625. The maximum atomic E-state index is 13.3. The van der Waals surface area contributed by atoms with Crippen molar-refractivity contribution in [1.82, 2.24) is 4.98 Å². The molecule has 2 N–H and O–H groups in total. The lowest BCUT2D eigenvalue weighted by Gasteiger charge is -2.10. The van der Waals surface area contributed by atoms with Crippen LogP contribution in [0, 0.1) is 6.92 Å². The molecule has 0 saturated heterocycles. The Labute approximate surface area is 168 Å². The summed E-state index contributed by atoms with van der Waals surface area (Å²) >= 11 is 1.06. The molecule has 3 aromatic rings. The summed E-state index contributed by atoms with van der Waals surface area (Å²) in [7, 11) is 0. The van der Waals surface area contributed by atoms with E-state index in [-0.39, 0.29) is 16.4 Å². The molecule has 1 heterocycles. The van der Waals surface area contributed by atoms with Crippen LogP contribution in [0.5, 0.6) is 5.75 Å². The summed E-state index contributed by atoms with van der Waals surface area (Å²) in [6, 6.07) is 12.6. The molecule has 0 amide bonds. The molecular formula is C20H16F3N3O2S. The van der Waals surface area contributed by atoms with Crippen LogP contribution in [0.15, 0.2) is 59.0 Å². The molecular weight excluding hydrogens is 403 g/mol. The van der Waals surface area contributed by atoms with E-state index in [0.29, 0.717) is 11.3 Å². The van der Waals surface area contributed by atoms with E-state index < -0.39 is 24.1 Å². The number of aromatic hydroxyl groups is 1. The van der Waals surface area contributed by atoms with Gasteiger partial charge in [-0.05, 0) is 19.1 Å². The number of hydrazone groups is 1. The van der Waals surface area contributed by atoms with Crippen LogP contribution in [0.4, 0.5) is 18.3 Å². The number of ketones is 1. The number of alkyl halides is 3. The fraction of sp³-hybridized carbons (Fsp3) is 0.150. The van der Waals surface area contributed by atoms with E-state index in [2.05, 4.69) is 15.5 Å². The fourth-order valence-electron chi connectivity index (χ4n) is 2.43. The average molecular weight is 419 g/mol. The van der Waals surface area contributed by atoms with Crippen molar-refractivity contribution in [3.8, 4) is 17.0 Å². The van der Waals surface area contributed by atoms with Gasteiger partial charge in [-0.3, -0.25) is 10.2 Å². The second-order valence-electron chi connectivity index (χ2n) is 6.22. The molecule has 0 fully saturated rings. The van der Waals surface area contributed by atoms with Crippen LogP contribution in [0.1, 0.15) is 22.3 Å². The van der Waals surface area contributed by atoms with Crippen molar-refractivity contribution in [2.45, 2.75) is 19.5 Å². The third kappa shape index (κ3) is 5.41. The van der Waals surface area contributed by atoms with Crippen LogP contribution in [0.3, 0.4) is 0 Å². The Balaban J connectivity index is 1.76. The number of hydrogen-bond acceptors (Lipinski definition) is 6. The van der Waals surface area contributed by atoms with Gasteiger partial charge in [-0.2, -0.15) is 18.3 Å². The number of rotatable bonds is 6. The van der Waals surface area contributed by atoms with Crippen LogP contribution < -0.4 is 5.43 Å². The number of phenolic OH excluding ortho intramolecular Hbond substituents is 1. The Kier molecular flexibility index (Phi) is 5.97. The van der Waals surface area contributed by atoms with Gasteiger partial charge in [-0.15, -0.1) is 11.3 Å². The molecule has 5 nitrogen and oxygen atoms in total. The predicted molar refractivity (Wildman–Crippen MR) is 106 cm³/mol. The fourth-order valence-corrected chi connectivity index (χ4v) is 3.10. The zero-order valence-corrected chi connectivity index (χ0v) is 16.0. The van der Waals surface area contributed by atoms with Crippen molar-refractivity contribution >= 4 is 28.0 Å². The van der Waals surface area contributed by atoms with Crippen molar-refractivity contribution < 1.29 is 23.1 Å². The quantitative estimate of drug-likeness (QED) is 0.318. The van der Waals surface area contributed by atoms with Gasteiger partial charge >= 0.3 is 6.18 Å². The van der Waals surface area contributed by atoms with Gasteiger partial charge < -0.3 is 5.11 Å². The van der Waals surface area contributed by atoms with Gasteiger partial charge in [-0.1, -0.05) is 42.0 Å². The van der Waals surface area contributed by atoms with Crippen LogP contribution in [0.2, 0.25) is 0 Å². The smallest absolute Gasteiger partial charge is 0.431 e. The molecule has 2 aromatic carbocycles. The van der Waals surface area contributed by atoms with Crippen LogP contribution in [-0.4, -0.2) is 27.8 Å². The topological polar surface area (TPSA) is 74.6 Å². The van der Waals surface area contributed by atoms with Gasteiger partial charge in [0.15, 0.2) is 5.78 Å². The Morgan fingerprint density at radius 1 is 1.21 bits per heavy atom. The normalized spacial score (nSPS) is 12.1. The Bertz CT molecular complexity index is 1040. The average Bonchev–Trinajstić information content (AvgIpc) is 3.13. The number of nitrogens with zero attached hydrogens (tertiary/aromatic N) is 2. The number of carbonyl (C=O) groups is 1. The molecule has 0 spiro atoms. The molecule has 0 unspecified atom stereocenters. The van der Waals surface area contributed by atoms with Gasteiger partial charge in [0.25, 0.3) is 0 Å². The Morgan fingerprint density at radius 2 is 1.93 bits per heavy atom. The maximum absolute atomic E-state index is 13.3. The van der Waals surface area contributed by atoms with Crippen molar-refractivity contribution in [3.05, 3.63) is 65.0 Å². The standard InChI is InChI=1S/C20H16F3N3O2S/c1-12-5-7-13(8-6-12)17(28)10-18(20(21,22)23)25-26-19-24-16(11-29-19)14-3-2-4-15(27)9-14/h2-9,11,27H,10H2,1H3,(H,24,26). The first-order valence-electron chi connectivity index (χ1n) is 8.47. The van der Waals surface area contributed by atoms with E-state index in [1.54, 1.807) is 29.6 Å². The van der Waals surface area contributed by atoms with E-state index >= 15 is 0 Å². The molecule has 29 heavy (non-hydrogen) atoms. The molecule has 150 valence electrons. The van der Waals surface area contributed by atoms with Crippen molar-refractivity contribution in [3.63, 3.8) is 0 Å². The number of halogens is 3. The zero-order chi connectivity index (χ0) is 21.0. The minimum Gasteiger partial charge on any atom is -0.508 e. The van der Waals surface area contributed by atoms with Crippen molar-refractivity contribution in [1.29, 1.82) is 0 Å². The zero-order valence-electron chi connectivity index (χ0n) is 15.2. The molecule has 0 bridgehead atoms. The number of carbonyl (C=O) groups excluding carboxylic acids is 1. The van der Waals surface area contributed by atoms with Gasteiger partial charge in [0.2, 0.25) is 5.13 Å². The minimum atomic E-state index is -4.77. The Morgan fingerprint density at radius 3 is 2.59 bits per heavy atom. The lowest BCUT2D eigenvalue weighted by atomic mass is 10.0. The first-order chi connectivity index (χ1) is 13.7. The summed E-state index contributed by atoms with van der Waals surface area (Å²) < 4.78 is 39.9. The molecule has 0 atom stereocenters. The number of aryl methyl sites for hydroxylation is 1. The highest BCUT2D eigenvalue weighted by Gasteiger charge is 2.37. The lowest BCUT2D eigenvalue weighted by molar-refractivity contribution is -0.0602. The Hall–Kier alpha value is -3.20. The maximum Gasteiger partial charge on any atom is 0.431 e. The SMILES string of the molecule is Cc1ccc(C(=O)CC(=NNc2nc(-c3cccc(O)c3)cs2)C(F)(F)F)cc1. The summed E-state index contributed by atoms with van der Waals surface area (Å²) in [4.78, 5) is 16.4. The monoisotopic (exact) mass is 419 g/mol. The number of Topliss-reactive ketones (excluding diaryl/α,β-unsaturated/α-hetero) is 1. The van der Waals surface area contributed by atoms with Gasteiger partial charge in [0.05, 0.1) is 12.1 Å². The number of thiazole rings is 1. The molecule has 0 aliphatic rings. The first kappa shape index (κ1) is 20.5. The number of aromatic nitrogens is 1. The number of anilines is 1. The van der Waals surface area contributed by atoms with Crippen molar-refractivity contribution in [2.24, 2.45) is 5.10 Å². The first-order valence-corrected chi connectivity index (χ1v) is 9.35. The summed E-state index contributed by atoms with van der Waals surface area (Å²) in [6.07, 6.45) is -5.65. The highest BCUT2D eigenvalue weighted by molar-refractivity contribution is 7.14. The molecule has 0 saturated carbocycles. The number of hydrogen-bond donors (Lipinski definition) is 2. The number of nitrogens with one attached hydrogen (secondary N) is 1. The third-order valence-corrected chi connectivity index (χ3v) is 4.71. The number of phenols is 1.